The minimum Gasteiger partial charge on any atom is -0.480 e. The minimum absolute atomic E-state index is 0.337. The van der Waals surface area contributed by atoms with Gasteiger partial charge >= 0.3 is 11.9 Å². The van der Waals surface area contributed by atoms with E-state index in [2.05, 4.69) is 10.3 Å². The molecule has 1 aromatic rings. The Morgan fingerprint density at radius 3 is 2.96 bits per heavy atom. The number of carbonyl (C=O) groups excluding carboxylic acids is 1. The first kappa shape index (κ1) is 17.0. The van der Waals surface area contributed by atoms with Crippen LogP contribution < -0.4 is 5.32 Å². The molecule has 7 heteroatoms. The van der Waals surface area contributed by atoms with E-state index < -0.39 is 12.0 Å². The molecule has 0 aromatic carbocycles. The molecule has 2 fully saturated rings. The van der Waals surface area contributed by atoms with Gasteiger partial charge in [-0.1, -0.05) is 0 Å². The molecule has 0 bridgehead atoms. The molecule has 1 saturated heterocycles. The fourth-order valence-electron chi connectivity index (χ4n) is 4.13. The van der Waals surface area contributed by atoms with Gasteiger partial charge in [0.1, 0.15) is 11.7 Å². The summed E-state index contributed by atoms with van der Waals surface area (Å²) in [5.74, 6) is 0.372. The van der Waals surface area contributed by atoms with Crippen molar-refractivity contribution in [2.45, 2.75) is 45.2 Å². The van der Waals surface area contributed by atoms with Crippen LogP contribution in [0.2, 0.25) is 0 Å². The van der Waals surface area contributed by atoms with Crippen LogP contribution in [0.1, 0.15) is 43.1 Å². The predicted octanol–water partition coefficient (Wildman–Crippen LogP) is 1.54. The summed E-state index contributed by atoms with van der Waals surface area (Å²) in [6, 6.07) is -0.423. The molecule has 2 N–H and O–H groups in total. The number of imidazole rings is 1. The van der Waals surface area contributed by atoms with E-state index in [0.717, 1.165) is 32.4 Å². The average Bonchev–Trinajstić information content (AvgIpc) is 3.02. The van der Waals surface area contributed by atoms with Gasteiger partial charge in [0, 0.05) is 6.54 Å². The number of hydrogen-bond acceptors (Lipinski definition) is 5. The first-order chi connectivity index (χ1) is 11.6. The number of carbonyl (C=O) groups is 2. The van der Waals surface area contributed by atoms with Gasteiger partial charge < -0.3 is 19.7 Å². The molecule has 0 unspecified atom stereocenters. The van der Waals surface area contributed by atoms with Gasteiger partial charge in [-0.3, -0.25) is 4.79 Å². The summed E-state index contributed by atoms with van der Waals surface area (Å²) in [6.07, 6.45) is 7.15. The van der Waals surface area contributed by atoms with Gasteiger partial charge in [-0.05, 0) is 56.9 Å². The standard InChI is InChI=1S/C17H25N3O4/c1-2-24-17(23)15-8-18-10-20(15)9-11-3-4-12-7-19-14(16(21)22)6-13(12)5-11/h8,10-14,19H,2-7,9H2,1H3,(H,21,22)/t11-,12-,13+,14-/m0/s1. The van der Waals surface area contributed by atoms with Crippen molar-refractivity contribution in [2.75, 3.05) is 13.2 Å². The Morgan fingerprint density at radius 1 is 1.38 bits per heavy atom. The lowest BCUT2D eigenvalue weighted by Crippen LogP contribution is -2.49. The Bertz CT molecular complexity index is 600. The van der Waals surface area contributed by atoms with E-state index in [0.29, 0.717) is 36.5 Å². The number of fused-ring (bicyclic) bond motifs is 1. The number of esters is 1. The average molecular weight is 335 g/mol. The zero-order chi connectivity index (χ0) is 17.1. The Morgan fingerprint density at radius 2 is 2.21 bits per heavy atom. The lowest BCUT2D eigenvalue weighted by atomic mass is 9.69. The second-order valence-corrected chi connectivity index (χ2v) is 6.89. The third-order valence-corrected chi connectivity index (χ3v) is 5.36. The maximum absolute atomic E-state index is 12.0. The zero-order valence-electron chi connectivity index (χ0n) is 14.0. The molecular formula is C17H25N3O4. The molecule has 1 aliphatic heterocycles. The van der Waals surface area contributed by atoms with Crippen LogP contribution in [0.4, 0.5) is 0 Å². The highest BCUT2D eigenvalue weighted by atomic mass is 16.5. The van der Waals surface area contributed by atoms with Crippen LogP contribution >= 0.6 is 0 Å². The second kappa shape index (κ2) is 7.34. The summed E-state index contributed by atoms with van der Waals surface area (Å²) in [4.78, 5) is 27.3. The summed E-state index contributed by atoms with van der Waals surface area (Å²) in [7, 11) is 0. The highest BCUT2D eigenvalue weighted by Crippen LogP contribution is 2.39. The van der Waals surface area contributed by atoms with Crippen LogP contribution in [-0.4, -0.2) is 45.8 Å². The molecule has 1 aliphatic carbocycles. The van der Waals surface area contributed by atoms with E-state index in [1.165, 1.54) is 0 Å². The van der Waals surface area contributed by atoms with Gasteiger partial charge in [0.15, 0.2) is 0 Å². The Kier molecular flexibility index (Phi) is 5.18. The largest absolute Gasteiger partial charge is 0.480 e. The van der Waals surface area contributed by atoms with Crippen LogP contribution in [0, 0.1) is 17.8 Å². The van der Waals surface area contributed by atoms with Gasteiger partial charge in [-0.2, -0.15) is 0 Å². The van der Waals surface area contributed by atoms with Crippen molar-refractivity contribution in [2.24, 2.45) is 17.8 Å². The van der Waals surface area contributed by atoms with E-state index in [4.69, 9.17) is 4.74 Å². The molecule has 4 atom stereocenters. The number of ether oxygens (including phenoxy) is 1. The Labute approximate surface area is 141 Å². The number of hydrogen-bond donors (Lipinski definition) is 2. The lowest BCUT2D eigenvalue weighted by molar-refractivity contribution is -0.141. The SMILES string of the molecule is CCOC(=O)c1cncn1C[C@H]1CC[C@H]2CN[C@H](C(=O)O)C[C@H]2C1. The van der Waals surface area contributed by atoms with Gasteiger partial charge in [0.25, 0.3) is 0 Å². The summed E-state index contributed by atoms with van der Waals surface area (Å²) in [5, 5.41) is 12.4. The summed E-state index contributed by atoms with van der Waals surface area (Å²) >= 11 is 0. The first-order valence-corrected chi connectivity index (χ1v) is 8.72. The first-order valence-electron chi connectivity index (χ1n) is 8.72. The summed E-state index contributed by atoms with van der Waals surface area (Å²) in [6.45, 7) is 3.67. The molecule has 2 heterocycles. The highest BCUT2D eigenvalue weighted by molar-refractivity contribution is 5.87. The number of carboxylic acid groups (broad SMARTS) is 1. The number of nitrogens with one attached hydrogen (secondary N) is 1. The molecule has 132 valence electrons. The molecule has 24 heavy (non-hydrogen) atoms. The van der Waals surface area contributed by atoms with Crippen molar-refractivity contribution in [1.82, 2.24) is 14.9 Å². The van der Waals surface area contributed by atoms with E-state index in [1.54, 1.807) is 19.4 Å². The normalized spacial score (nSPS) is 29.7. The lowest BCUT2D eigenvalue weighted by Gasteiger charge is -2.41. The number of rotatable bonds is 5. The number of carboxylic acids is 1. The molecule has 3 rings (SSSR count). The smallest absolute Gasteiger partial charge is 0.356 e. The maximum atomic E-state index is 12.0. The van der Waals surface area contributed by atoms with E-state index in [-0.39, 0.29) is 5.97 Å². The summed E-state index contributed by atoms with van der Waals surface area (Å²) in [5.41, 5.74) is 0.493. The van der Waals surface area contributed by atoms with Crippen molar-refractivity contribution in [1.29, 1.82) is 0 Å². The third kappa shape index (κ3) is 3.61. The third-order valence-electron chi connectivity index (χ3n) is 5.36. The van der Waals surface area contributed by atoms with Crippen LogP contribution in [0.25, 0.3) is 0 Å². The van der Waals surface area contributed by atoms with Crippen LogP contribution in [0.5, 0.6) is 0 Å². The van der Waals surface area contributed by atoms with Crippen LogP contribution in [-0.2, 0) is 16.1 Å². The topological polar surface area (TPSA) is 93.5 Å². The highest BCUT2D eigenvalue weighted by Gasteiger charge is 2.37. The number of aliphatic carboxylic acids is 1. The number of piperidine rings is 1. The fourth-order valence-corrected chi connectivity index (χ4v) is 4.13. The van der Waals surface area contributed by atoms with E-state index in [1.807, 2.05) is 4.57 Å². The van der Waals surface area contributed by atoms with Crippen LogP contribution in [0.15, 0.2) is 12.5 Å². The molecule has 2 aliphatic rings. The molecule has 7 nitrogen and oxygen atoms in total. The Hall–Kier alpha value is -1.89. The van der Waals surface area contributed by atoms with Crippen molar-refractivity contribution < 1.29 is 19.4 Å². The fraction of sp³-hybridized carbons (Fsp3) is 0.706. The Balaban J connectivity index is 1.62. The van der Waals surface area contributed by atoms with Gasteiger partial charge in [-0.15, -0.1) is 0 Å². The van der Waals surface area contributed by atoms with E-state index >= 15 is 0 Å². The second-order valence-electron chi connectivity index (χ2n) is 6.89. The predicted molar refractivity (Wildman–Crippen MR) is 86.5 cm³/mol. The van der Waals surface area contributed by atoms with Crippen molar-refractivity contribution >= 4 is 11.9 Å². The monoisotopic (exact) mass is 335 g/mol. The van der Waals surface area contributed by atoms with E-state index in [9.17, 15) is 14.7 Å². The number of nitrogens with zero attached hydrogens (tertiary/aromatic N) is 2. The number of aromatic nitrogens is 2. The molecule has 0 radical (unpaired) electrons. The van der Waals surface area contributed by atoms with Crippen molar-refractivity contribution in [3.63, 3.8) is 0 Å². The van der Waals surface area contributed by atoms with Crippen LogP contribution in [0.3, 0.4) is 0 Å². The molecule has 1 saturated carbocycles. The van der Waals surface area contributed by atoms with Gasteiger partial charge in [-0.25, -0.2) is 9.78 Å². The maximum Gasteiger partial charge on any atom is 0.356 e. The van der Waals surface area contributed by atoms with Gasteiger partial charge in [0.05, 0.1) is 19.1 Å². The minimum atomic E-state index is -0.755. The van der Waals surface area contributed by atoms with Gasteiger partial charge in [0.2, 0.25) is 0 Å². The molecular weight excluding hydrogens is 310 g/mol. The quantitative estimate of drug-likeness (QED) is 0.793. The van der Waals surface area contributed by atoms with Crippen molar-refractivity contribution in [3.05, 3.63) is 18.2 Å². The van der Waals surface area contributed by atoms with Crippen molar-refractivity contribution in [3.8, 4) is 0 Å². The molecule has 0 spiro atoms. The molecule has 1 aromatic heterocycles. The zero-order valence-corrected chi connectivity index (χ0v) is 14.0. The summed E-state index contributed by atoms with van der Waals surface area (Å²) < 4.78 is 6.94. The molecule has 0 amide bonds.